The second kappa shape index (κ2) is 5.49. The van der Waals surface area contributed by atoms with Crippen LogP contribution in [0.15, 0.2) is 5.38 Å². The number of aromatic nitrogens is 1. The quantitative estimate of drug-likeness (QED) is 0.798. The molecule has 2 fully saturated rings. The molecule has 0 radical (unpaired) electrons. The molecule has 0 amide bonds. The van der Waals surface area contributed by atoms with Crippen LogP contribution in [0.4, 0.5) is 5.13 Å². The Morgan fingerprint density at radius 3 is 2.89 bits per heavy atom. The van der Waals surface area contributed by atoms with Gasteiger partial charge in [-0.15, -0.1) is 11.3 Å². The second-order valence-corrected chi connectivity index (χ2v) is 6.29. The summed E-state index contributed by atoms with van der Waals surface area (Å²) in [6.07, 6.45) is 7.99. The summed E-state index contributed by atoms with van der Waals surface area (Å²) in [5, 5.41) is 2.81. The third-order valence-electron chi connectivity index (χ3n) is 4.38. The topological polar surface area (TPSA) is 42.4 Å². The third-order valence-corrected chi connectivity index (χ3v) is 5.25. The summed E-state index contributed by atoms with van der Waals surface area (Å²) in [5.74, 6) is 0.493. The zero-order valence-electron chi connectivity index (χ0n) is 11.3. The van der Waals surface area contributed by atoms with Gasteiger partial charge in [0.2, 0.25) is 0 Å². The zero-order chi connectivity index (χ0) is 13.2. The first-order chi connectivity index (χ1) is 9.29. The first kappa shape index (κ1) is 12.9. The van der Waals surface area contributed by atoms with Crippen molar-refractivity contribution in [1.82, 2.24) is 4.98 Å². The van der Waals surface area contributed by atoms with Gasteiger partial charge < -0.3 is 9.64 Å². The molecule has 3 rings (SSSR count). The second-order valence-electron chi connectivity index (χ2n) is 5.45. The maximum atomic E-state index is 11.5. The van der Waals surface area contributed by atoms with Crippen LogP contribution in [-0.2, 0) is 4.74 Å². The molecule has 1 aromatic rings. The van der Waals surface area contributed by atoms with Crippen molar-refractivity contribution >= 4 is 22.4 Å². The molecule has 104 valence electrons. The molecule has 0 aromatic carbocycles. The summed E-state index contributed by atoms with van der Waals surface area (Å²) in [7, 11) is 1.40. The van der Waals surface area contributed by atoms with Crippen LogP contribution < -0.4 is 4.90 Å². The molecule has 1 saturated heterocycles. The van der Waals surface area contributed by atoms with Crippen LogP contribution in [0.2, 0.25) is 0 Å². The van der Waals surface area contributed by atoms with E-state index in [0.717, 1.165) is 17.6 Å². The smallest absolute Gasteiger partial charge is 0.357 e. The van der Waals surface area contributed by atoms with Gasteiger partial charge in [0.1, 0.15) is 0 Å². The van der Waals surface area contributed by atoms with E-state index < -0.39 is 0 Å². The van der Waals surface area contributed by atoms with Crippen molar-refractivity contribution in [1.29, 1.82) is 0 Å². The van der Waals surface area contributed by atoms with Crippen LogP contribution in [0, 0.1) is 5.92 Å². The molecule has 2 aliphatic rings. The van der Waals surface area contributed by atoms with Gasteiger partial charge in [-0.1, -0.05) is 12.8 Å². The number of anilines is 1. The molecule has 1 atom stereocenters. The molecule has 1 aliphatic carbocycles. The van der Waals surface area contributed by atoms with E-state index in [1.165, 1.54) is 45.6 Å². The van der Waals surface area contributed by atoms with Crippen LogP contribution >= 0.6 is 11.3 Å². The Balaban J connectivity index is 1.76. The van der Waals surface area contributed by atoms with Gasteiger partial charge in [0, 0.05) is 18.0 Å². The highest BCUT2D eigenvalue weighted by Gasteiger charge is 2.34. The summed E-state index contributed by atoms with van der Waals surface area (Å²) in [6, 6.07) is 0.638. The van der Waals surface area contributed by atoms with Crippen molar-refractivity contribution in [2.75, 3.05) is 18.6 Å². The van der Waals surface area contributed by atoms with Gasteiger partial charge in [-0.05, 0) is 31.6 Å². The van der Waals surface area contributed by atoms with Gasteiger partial charge in [0.25, 0.3) is 0 Å². The number of ether oxygens (including phenoxy) is 1. The Hall–Kier alpha value is -1.10. The highest BCUT2D eigenvalue weighted by molar-refractivity contribution is 7.13. The van der Waals surface area contributed by atoms with Crippen molar-refractivity contribution in [2.45, 2.75) is 44.6 Å². The number of thiazole rings is 1. The zero-order valence-corrected chi connectivity index (χ0v) is 12.1. The molecular formula is C14H20N2O2S. The van der Waals surface area contributed by atoms with Crippen molar-refractivity contribution in [2.24, 2.45) is 5.92 Å². The lowest BCUT2D eigenvalue weighted by Gasteiger charge is -2.28. The van der Waals surface area contributed by atoms with E-state index in [1.807, 2.05) is 5.38 Å². The number of hydrogen-bond donors (Lipinski definition) is 0. The lowest BCUT2D eigenvalue weighted by atomic mass is 9.96. The Labute approximate surface area is 117 Å². The minimum Gasteiger partial charge on any atom is -0.464 e. The summed E-state index contributed by atoms with van der Waals surface area (Å²) in [5.41, 5.74) is 0.444. The summed E-state index contributed by atoms with van der Waals surface area (Å²) >= 11 is 1.57. The Morgan fingerprint density at radius 1 is 1.37 bits per heavy atom. The molecular weight excluding hydrogens is 260 g/mol. The van der Waals surface area contributed by atoms with Gasteiger partial charge in [-0.2, -0.15) is 0 Å². The van der Waals surface area contributed by atoms with E-state index in [-0.39, 0.29) is 5.97 Å². The van der Waals surface area contributed by atoms with E-state index in [0.29, 0.717) is 11.7 Å². The van der Waals surface area contributed by atoms with Gasteiger partial charge in [0.15, 0.2) is 10.8 Å². The van der Waals surface area contributed by atoms with Crippen molar-refractivity contribution in [3.05, 3.63) is 11.1 Å². The Kier molecular flexibility index (Phi) is 3.73. The molecule has 1 aromatic heterocycles. The molecule has 19 heavy (non-hydrogen) atoms. The van der Waals surface area contributed by atoms with Crippen molar-refractivity contribution < 1.29 is 9.53 Å². The van der Waals surface area contributed by atoms with Crippen LogP contribution in [0.3, 0.4) is 0 Å². The highest BCUT2D eigenvalue weighted by atomic mass is 32.1. The fourth-order valence-electron chi connectivity index (χ4n) is 3.46. The lowest BCUT2D eigenvalue weighted by Crippen LogP contribution is -2.34. The number of nitrogens with zero attached hydrogens (tertiary/aromatic N) is 2. The summed E-state index contributed by atoms with van der Waals surface area (Å²) in [6.45, 7) is 1.08. The fourth-order valence-corrected chi connectivity index (χ4v) is 4.34. The number of rotatable bonds is 3. The summed E-state index contributed by atoms with van der Waals surface area (Å²) < 4.78 is 4.73. The number of carbonyl (C=O) groups excluding carboxylic acids is 1. The molecule has 5 heteroatoms. The first-order valence-corrected chi connectivity index (χ1v) is 7.98. The van der Waals surface area contributed by atoms with E-state index in [1.54, 1.807) is 11.3 Å². The number of methoxy groups -OCH3 is 1. The van der Waals surface area contributed by atoms with Crippen LogP contribution in [0.5, 0.6) is 0 Å². The maximum Gasteiger partial charge on any atom is 0.357 e. The van der Waals surface area contributed by atoms with E-state index >= 15 is 0 Å². The molecule has 1 saturated carbocycles. The largest absolute Gasteiger partial charge is 0.464 e. The normalized spacial score (nSPS) is 24.1. The van der Waals surface area contributed by atoms with Crippen LogP contribution in [0.25, 0.3) is 0 Å². The third kappa shape index (κ3) is 2.48. The molecule has 1 aliphatic heterocycles. The molecule has 0 spiro atoms. The molecule has 1 unspecified atom stereocenters. The lowest BCUT2D eigenvalue weighted by molar-refractivity contribution is 0.0595. The minimum atomic E-state index is -0.334. The van der Waals surface area contributed by atoms with E-state index in [2.05, 4.69) is 9.88 Å². The average molecular weight is 280 g/mol. The predicted octanol–water partition coefficient (Wildman–Crippen LogP) is 3.09. The number of hydrogen-bond acceptors (Lipinski definition) is 5. The molecule has 0 bridgehead atoms. The SMILES string of the molecule is COC(=O)c1csc(N2CCCC2C2CCCC2)n1. The maximum absolute atomic E-state index is 11.5. The minimum absolute atomic E-state index is 0.334. The number of esters is 1. The Bertz CT molecular complexity index is 454. The standard InChI is InChI=1S/C14H20N2O2S/c1-18-13(17)11-9-19-14(15-11)16-8-4-7-12(16)10-5-2-3-6-10/h9-10,12H,2-8H2,1H3. The Morgan fingerprint density at radius 2 is 2.16 bits per heavy atom. The van der Waals surface area contributed by atoms with Gasteiger partial charge in [-0.3, -0.25) is 0 Å². The fraction of sp³-hybridized carbons (Fsp3) is 0.714. The van der Waals surface area contributed by atoms with Gasteiger partial charge in [0.05, 0.1) is 7.11 Å². The van der Waals surface area contributed by atoms with E-state index in [9.17, 15) is 4.79 Å². The highest BCUT2D eigenvalue weighted by Crippen LogP contribution is 2.38. The van der Waals surface area contributed by atoms with Crippen molar-refractivity contribution in [3.8, 4) is 0 Å². The summed E-state index contributed by atoms with van der Waals surface area (Å²) in [4.78, 5) is 18.4. The average Bonchev–Trinajstić information content (AvgIpc) is 3.14. The predicted molar refractivity (Wildman–Crippen MR) is 75.8 cm³/mol. The van der Waals surface area contributed by atoms with E-state index in [4.69, 9.17) is 4.74 Å². The monoisotopic (exact) mass is 280 g/mol. The van der Waals surface area contributed by atoms with Gasteiger partial charge >= 0.3 is 5.97 Å². The molecule has 0 N–H and O–H groups in total. The molecule has 2 heterocycles. The number of carbonyl (C=O) groups is 1. The van der Waals surface area contributed by atoms with Crippen molar-refractivity contribution in [3.63, 3.8) is 0 Å². The van der Waals surface area contributed by atoms with Gasteiger partial charge in [-0.25, -0.2) is 9.78 Å². The molecule has 4 nitrogen and oxygen atoms in total. The van der Waals surface area contributed by atoms with Crippen LogP contribution in [0.1, 0.15) is 49.0 Å². The first-order valence-electron chi connectivity index (χ1n) is 7.10. The van der Waals surface area contributed by atoms with Crippen LogP contribution in [-0.4, -0.2) is 30.6 Å².